The van der Waals surface area contributed by atoms with Crippen LogP contribution in [0.4, 0.5) is 9.18 Å². The molecule has 1 aromatic carbocycles. The van der Waals surface area contributed by atoms with Gasteiger partial charge in [-0.2, -0.15) is 0 Å². The van der Waals surface area contributed by atoms with E-state index in [2.05, 4.69) is 4.90 Å². The van der Waals surface area contributed by atoms with Crippen LogP contribution in [0.3, 0.4) is 0 Å². The van der Waals surface area contributed by atoms with Crippen LogP contribution in [0.25, 0.3) is 0 Å². The highest BCUT2D eigenvalue weighted by Crippen LogP contribution is 2.43. The first-order valence-corrected chi connectivity index (χ1v) is 12.2. The standard InChI is InChI=1S/C25H35FN2O5/c1-24(2,31)17-9-20(10-17)33-22-4-3-18(26)11-21(22)16-5-7-27(8-6-16)19-12-25(32-13-19)14-28(15-25)23(29)30/h3-4,11,16-17,19-20,31H,5-10,12-15H2,1-2H3,(H,29,30). The maximum absolute atomic E-state index is 14.1. The van der Waals surface area contributed by atoms with Crippen molar-refractivity contribution in [3.8, 4) is 5.75 Å². The van der Waals surface area contributed by atoms with Gasteiger partial charge in [-0.3, -0.25) is 4.90 Å². The Morgan fingerprint density at radius 3 is 2.58 bits per heavy atom. The van der Waals surface area contributed by atoms with E-state index in [4.69, 9.17) is 14.6 Å². The molecule has 1 spiro atoms. The Kier molecular flexibility index (Phi) is 5.82. The minimum Gasteiger partial charge on any atom is -0.490 e. The normalized spacial score (nSPS) is 30.2. The van der Waals surface area contributed by atoms with E-state index in [1.807, 2.05) is 13.8 Å². The zero-order chi connectivity index (χ0) is 23.4. The van der Waals surface area contributed by atoms with Crippen molar-refractivity contribution in [2.45, 2.75) is 75.2 Å². The molecule has 8 heteroatoms. The number of hydrogen-bond acceptors (Lipinski definition) is 5. The summed E-state index contributed by atoms with van der Waals surface area (Å²) in [7, 11) is 0. The highest BCUT2D eigenvalue weighted by Gasteiger charge is 2.52. The van der Waals surface area contributed by atoms with Gasteiger partial charge in [-0.25, -0.2) is 9.18 Å². The van der Waals surface area contributed by atoms with Gasteiger partial charge in [0, 0.05) is 11.6 Å². The number of rotatable bonds is 5. The van der Waals surface area contributed by atoms with E-state index in [9.17, 15) is 14.3 Å². The lowest BCUT2D eigenvalue weighted by atomic mass is 9.72. The molecule has 1 aliphatic carbocycles. The smallest absolute Gasteiger partial charge is 0.407 e. The van der Waals surface area contributed by atoms with Crippen molar-refractivity contribution < 1.29 is 28.9 Å². The van der Waals surface area contributed by atoms with E-state index in [-0.39, 0.29) is 29.4 Å². The number of aliphatic hydroxyl groups is 1. The zero-order valence-electron chi connectivity index (χ0n) is 19.5. The second-order valence-corrected chi connectivity index (χ2v) is 11.0. The van der Waals surface area contributed by atoms with Crippen molar-refractivity contribution in [2.75, 3.05) is 32.8 Å². The molecule has 3 saturated heterocycles. The first-order valence-electron chi connectivity index (χ1n) is 12.2. The number of amides is 1. The molecular weight excluding hydrogens is 427 g/mol. The van der Waals surface area contributed by atoms with Crippen molar-refractivity contribution >= 4 is 6.09 Å². The number of likely N-dealkylation sites (tertiary alicyclic amines) is 2. The van der Waals surface area contributed by atoms with Gasteiger partial charge in [0.25, 0.3) is 0 Å². The van der Waals surface area contributed by atoms with Gasteiger partial charge in [-0.05, 0) is 89.1 Å². The first-order chi connectivity index (χ1) is 15.6. The van der Waals surface area contributed by atoms with Crippen LogP contribution >= 0.6 is 0 Å². The van der Waals surface area contributed by atoms with Crippen LogP contribution in [0.15, 0.2) is 18.2 Å². The predicted molar refractivity (Wildman–Crippen MR) is 120 cm³/mol. The van der Waals surface area contributed by atoms with Crippen molar-refractivity contribution in [3.63, 3.8) is 0 Å². The molecule has 5 rings (SSSR count). The molecular formula is C25H35FN2O5. The molecule has 33 heavy (non-hydrogen) atoms. The molecule has 0 radical (unpaired) electrons. The molecule has 2 N–H and O–H groups in total. The topological polar surface area (TPSA) is 82.5 Å². The Morgan fingerprint density at radius 1 is 1.24 bits per heavy atom. The quantitative estimate of drug-likeness (QED) is 0.698. The number of benzene rings is 1. The summed E-state index contributed by atoms with van der Waals surface area (Å²) in [4.78, 5) is 15.0. The van der Waals surface area contributed by atoms with E-state index >= 15 is 0 Å². The van der Waals surface area contributed by atoms with Gasteiger partial charge in [0.05, 0.1) is 31.4 Å². The van der Waals surface area contributed by atoms with E-state index in [0.29, 0.717) is 25.7 Å². The van der Waals surface area contributed by atoms with Crippen molar-refractivity contribution in [1.82, 2.24) is 9.80 Å². The summed E-state index contributed by atoms with van der Waals surface area (Å²) in [6.45, 7) is 7.10. The molecule has 182 valence electrons. The fourth-order valence-corrected chi connectivity index (χ4v) is 6.00. The van der Waals surface area contributed by atoms with Crippen LogP contribution in [0, 0.1) is 11.7 Å². The summed E-state index contributed by atoms with van der Waals surface area (Å²) >= 11 is 0. The summed E-state index contributed by atoms with van der Waals surface area (Å²) in [5.74, 6) is 1.03. The third-order valence-corrected chi connectivity index (χ3v) is 8.26. The highest BCUT2D eigenvalue weighted by atomic mass is 19.1. The number of piperidine rings is 1. The number of carboxylic acid groups (broad SMARTS) is 1. The molecule has 0 aromatic heterocycles. The van der Waals surface area contributed by atoms with Gasteiger partial charge in [0.15, 0.2) is 0 Å². The Labute approximate surface area is 194 Å². The molecule has 1 unspecified atom stereocenters. The SMILES string of the molecule is CC(C)(O)C1CC(Oc2ccc(F)cc2C2CCN(C3COC4(C3)CN(C(=O)O)C4)CC2)C1. The molecule has 1 amide bonds. The molecule has 3 heterocycles. The van der Waals surface area contributed by atoms with Crippen molar-refractivity contribution in [3.05, 3.63) is 29.6 Å². The van der Waals surface area contributed by atoms with Gasteiger partial charge in [0.1, 0.15) is 17.2 Å². The maximum atomic E-state index is 14.1. The predicted octanol–water partition coefficient (Wildman–Crippen LogP) is 3.45. The number of nitrogens with zero attached hydrogens (tertiary/aromatic N) is 2. The van der Waals surface area contributed by atoms with E-state index < -0.39 is 11.7 Å². The number of hydrogen-bond donors (Lipinski definition) is 2. The lowest BCUT2D eigenvalue weighted by Crippen LogP contribution is -2.63. The molecule has 4 fully saturated rings. The number of carbonyl (C=O) groups is 1. The zero-order valence-corrected chi connectivity index (χ0v) is 19.5. The van der Waals surface area contributed by atoms with Crippen LogP contribution < -0.4 is 4.74 Å². The van der Waals surface area contributed by atoms with E-state index in [1.54, 1.807) is 12.1 Å². The van der Waals surface area contributed by atoms with Gasteiger partial charge >= 0.3 is 6.09 Å². The first kappa shape index (κ1) is 22.9. The minimum absolute atomic E-state index is 0.0744. The fraction of sp³-hybridized carbons (Fsp3) is 0.720. The Morgan fingerprint density at radius 2 is 1.94 bits per heavy atom. The van der Waals surface area contributed by atoms with Gasteiger partial charge in [-0.15, -0.1) is 0 Å². The lowest BCUT2D eigenvalue weighted by Gasteiger charge is -2.45. The third kappa shape index (κ3) is 4.57. The maximum Gasteiger partial charge on any atom is 0.407 e. The van der Waals surface area contributed by atoms with E-state index in [1.165, 1.54) is 11.0 Å². The molecule has 4 aliphatic rings. The molecule has 1 saturated carbocycles. The second kappa shape index (κ2) is 8.40. The molecule has 0 bridgehead atoms. The Hall–Kier alpha value is -1.90. The second-order valence-electron chi connectivity index (χ2n) is 11.0. The number of halogens is 1. The monoisotopic (exact) mass is 462 g/mol. The van der Waals surface area contributed by atoms with Gasteiger partial charge in [0.2, 0.25) is 0 Å². The average Bonchev–Trinajstić information content (AvgIpc) is 3.15. The third-order valence-electron chi connectivity index (χ3n) is 8.26. The largest absolute Gasteiger partial charge is 0.490 e. The van der Waals surface area contributed by atoms with Crippen LogP contribution in [0.2, 0.25) is 0 Å². The molecule has 1 aromatic rings. The minimum atomic E-state index is -0.876. The van der Waals surface area contributed by atoms with Crippen LogP contribution in [-0.2, 0) is 4.74 Å². The van der Waals surface area contributed by atoms with E-state index in [0.717, 1.165) is 56.5 Å². The molecule has 7 nitrogen and oxygen atoms in total. The van der Waals surface area contributed by atoms with Gasteiger partial charge in [-0.1, -0.05) is 0 Å². The summed E-state index contributed by atoms with van der Waals surface area (Å²) in [5.41, 5.74) is -0.0314. The lowest BCUT2D eigenvalue weighted by molar-refractivity contribution is -0.0982. The number of ether oxygens (including phenoxy) is 2. The van der Waals surface area contributed by atoms with Crippen LogP contribution in [0.5, 0.6) is 5.75 Å². The average molecular weight is 463 g/mol. The Bertz CT molecular complexity index is 883. The van der Waals surface area contributed by atoms with Crippen LogP contribution in [0.1, 0.15) is 57.4 Å². The summed E-state index contributed by atoms with van der Waals surface area (Å²) in [6.07, 6.45) is 3.58. The summed E-state index contributed by atoms with van der Waals surface area (Å²) < 4.78 is 26.4. The van der Waals surface area contributed by atoms with Gasteiger partial charge < -0.3 is 24.6 Å². The van der Waals surface area contributed by atoms with Crippen molar-refractivity contribution in [1.29, 1.82) is 0 Å². The molecule has 1 atom stereocenters. The molecule has 3 aliphatic heterocycles. The Balaban J connectivity index is 1.16. The highest BCUT2D eigenvalue weighted by molar-refractivity contribution is 5.66. The fourth-order valence-electron chi connectivity index (χ4n) is 6.00. The van der Waals surface area contributed by atoms with Crippen molar-refractivity contribution in [2.24, 2.45) is 5.92 Å². The van der Waals surface area contributed by atoms with Crippen LogP contribution in [-0.4, -0.2) is 82.2 Å². The summed E-state index contributed by atoms with van der Waals surface area (Å²) in [6, 6.07) is 5.17. The summed E-state index contributed by atoms with van der Waals surface area (Å²) in [5, 5.41) is 19.3.